The number of sulfonamides is 1. The molecule has 0 atom stereocenters. The van der Waals surface area contributed by atoms with E-state index >= 15 is 0 Å². The third kappa shape index (κ3) is 4.80. The number of hydrogen-bond acceptors (Lipinski definition) is 4. The second-order valence-corrected chi connectivity index (χ2v) is 10.4. The second kappa shape index (κ2) is 8.94. The zero-order chi connectivity index (χ0) is 22.8. The summed E-state index contributed by atoms with van der Waals surface area (Å²) in [5.41, 5.74) is 1.69. The minimum atomic E-state index is -3.67. The lowest BCUT2D eigenvalue weighted by Gasteiger charge is -2.18. The first-order chi connectivity index (χ1) is 15.3. The Balaban J connectivity index is 1.33. The first-order valence-corrected chi connectivity index (χ1v) is 12.5. The average molecular weight is 456 g/mol. The summed E-state index contributed by atoms with van der Waals surface area (Å²) in [6, 6.07) is 13.8. The topological polar surface area (TPSA) is 95.6 Å². The molecule has 1 heterocycles. The number of carbonyl (C=O) groups is 2. The van der Waals surface area contributed by atoms with E-state index < -0.39 is 15.4 Å². The third-order valence-corrected chi connectivity index (χ3v) is 7.61. The molecule has 4 rings (SSSR count). The number of benzene rings is 2. The van der Waals surface area contributed by atoms with Gasteiger partial charge < -0.3 is 10.2 Å². The predicted octanol–water partition coefficient (Wildman–Crippen LogP) is 2.96. The van der Waals surface area contributed by atoms with E-state index in [0.29, 0.717) is 25.2 Å². The number of likely N-dealkylation sites (tertiary alicyclic amines) is 1. The summed E-state index contributed by atoms with van der Waals surface area (Å²) >= 11 is 0. The van der Waals surface area contributed by atoms with Crippen LogP contribution in [0.25, 0.3) is 0 Å². The number of nitrogens with one attached hydrogen (secondary N) is 2. The van der Waals surface area contributed by atoms with Crippen molar-refractivity contribution >= 4 is 27.5 Å². The highest BCUT2D eigenvalue weighted by molar-refractivity contribution is 7.92. The molecule has 0 aromatic heterocycles. The number of hydrogen-bond donors (Lipinski definition) is 2. The van der Waals surface area contributed by atoms with Gasteiger partial charge in [-0.15, -0.1) is 0 Å². The molecule has 7 nitrogen and oxygen atoms in total. The Morgan fingerprint density at radius 2 is 1.88 bits per heavy atom. The molecular weight excluding hydrogens is 426 g/mol. The van der Waals surface area contributed by atoms with Gasteiger partial charge in [0.2, 0.25) is 11.8 Å². The molecule has 2 aromatic rings. The monoisotopic (exact) mass is 455 g/mol. The van der Waals surface area contributed by atoms with E-state index in [1.54, 1.807) is 30.3 Å². The van der Waals surface area contributed by atoms with Crippen LogP contribution in [0.15, 0.2) is 53.4 Å². The van der Waals surface area contributed by atoms with Crippen LogP contribution in [-0.4, -0.2) is 44.8 Å². The van der Waals surface area contributed by atoms with Gasteiger partial charge in [-0.3, -0.25) is 14.3 Å². The predicted molar refractivity (Wildman–Crippen MR) is 123 cm³/mol. The van der Waals surface area contributed by atoms with Crippen LogP contribution < -0.4 is 10.0 Å². The van der Waals surface area contributed by atoms with Crippen molar-refractivity contribution in [1.82, 2.24) is 10.2 Å². The average Bonchev–Trinajstić information content (AvgIpc) is 3.48. The Labute approximate surface area is 189 Å². The molecule has 1 aliphatic carbocycles. The smallest absolute Gasteiger partial charge is 0.261 e. The Morgan fingerprint density at radius 1 is 1.12 bits per heavy atom. The van der Waals surface area contributed by atoms with Gasteiger partial charge in [-0.2, -0.15) is 0 Å². The molecule has 2 fully saturated rings. The van der Waals surface area contributed by atoms with Gasteiger partial charge in [0.25, 0.3) is 10.0 Å². The van der Waals surface area contributed by atoms with Crippen molar-refractivity contribution in [3.05, 3.63) is 59.7 Å². The van der Waals surface area contributed by atoms with Gasteiger partial charge in [-0.25, -0.2) is 8.42 Å². The first kappa shape index (κ1) is 22.3. The molecule has 32 heavy (non-hydrogen) atoms. The highest BCUT2D eigenvalue weighted by Gasteiger charge is 2.51. The minimum absolute atomic E-state index is 0.00154. The van der Waals surface area contributed by atoms with Gasteiger partial charge >= 0.3 is 0 Å². The van der Waals surface area contributed by atoms with Crippen LogP contribution in [0.5, 0.6) is 0 Å². The largest absolute Gasteiger partial charge is 0.355 e. The van der Waals surface area contributed by atoms with E-state index in [0.717, 1.165) is 43.4 Å². The lowest BCUT2D eigenvalue weighted by Crippen LogP contribution is -2.36. The molecule has 0 unspecified atom stereocenters. The van der Waals surface area contributed by atoms with E-state index in [9.17, 15) is 18.0 Å². The van der Waals surface area contributed by atoms with Crippen molar-refractivity contribution in [2.45, 2.75) is 49.3 Å². The SMILES string of the molecule is Cc1cccc(S(=O)(=O)Nc2ccc(C3(C(=O)NCCCN4CCCC4=O)CC3)cc2)c1. The molecule has 8 heteroatoms. The molecule has 0 bridgehead atoms. The summed E-state index contributed by atoms with van der Waals surface area (Å²) in [5.74, 6) is 0.200. The maximum atomic E-state index is 12.8. The lowest BCUT2D eigenvalue weighted by atomic mass is 9.95. The van der Waals surface area contributed by atoms with Gasteiger partial charge in [0.15, 0.2) is 0 Å². The van der Waals surface area contributed by atoms with Crippen molar-refractivity contribution in [2.75, 3.05) is 24.4 Å². The zero-order valence-corrected chi connectivity index (χ0v) is 19.1. The number of carbonyl (C=O) groups excluding carboxylic acids is 2. The van der Waals surface area contributed by atoms with Crippen LogP contribution in [0.3, 0.4) is 0 Å². The number of anilines is 1. The molecule has 2 N–H and O–H groups in total. The Kier molecular flexibility index (Phi) is 6.24. The summed E-state index contributed by atoms with van der Waals surface area (Å²) in [4.78, 5) is 26.6. The van der Waals surface area contributed by atoms with Gasteiger partial charge in [-0.1, -0.05) is 24.3 Å². The van der Waals surface area contributed by atoms with E-state index in [4.69, 9.17) is 0 Å². The zero-order valence-electron chi connectivity index (χ0n) is 18.3. The molecule has 1 aliphatic heterocycles. The first-order valence-electron chi connectivity index (χ1n) is 11.1. The van der Waals surface area contributed by atoms with Gasteiger partial charge in [0, 0.05) is 31.7 Å². The molecule has 2 amide bonds. The summed E-state index contributed by atoms with van der Waals surface area (Å²) in [5, 5.41) is 3.01. The highest BCUT2D eigenvalue weighted by Crippen LogP contribution is 2.48. The van der Waals surface area contributed by atoms with Crippen molar-refractivity contribution < 1.29 is 18.0 Å². The van der Waals surface area contributed by atoms with Crippen LogP contribution in [0.4, 0.5) is 5.69 Å². The Morgan fingerprint density at radius 3 is 2.50 bits per heavy atom. The fourth-order valence-electron chi connectivity index (χ4n) is 4.21. The van der Waals surface area contributed by atoms with Crippen LogP contribution in [0, 0.1) is 6.92 Å². The van der Waals surface area contributed by atoms with Crippen LogP contribution >= 0.6 is 0 Å². The normalized spacial score (nSPS) is 17.3. The lowest BCUT2D eigenvalue weighted by molar-refractivity contribution is -0.127. The number of amides is 2. The molecule has 2 aliphatic rings. The standard InChI is InChI=1S/C24H29N3O4S/c1-18-5-2-6-21(17-18)32(30,31)26-20-10-8-19(9-11-20)24(12-13-24)23(29)25-14-4-16-27-15-3-7-22(27)28/h2,5-6,8-11,17,26H,3-4,7,12-16H2,1H3,(H,25,29). The molecule has 1 saturated carbocycles. The van der Waals surface area contributed by atoms with Crippen LogP contribution in [0.2, 0.25) is 0 Å². The summed E-state index contributed by atoms with van der Waals surface area (Å²) in [6.45, 7) is 3.89. The minimum Gasteiger partial charge on any atom is -0.355 e. The van der Waals surface area contributed by atoms with Gasteiger partial charge in [-0.05, 0) is 68.0 Å². The molecular formula is C24H29N3O4S. The maximum Gasteiger partial charge on any atom is 0.261 e. The van der Waals surface area contributed by atoms with Crippen LogP contribution in [-0.2, 0) is 25.0 Å². The highest BCUT2D eigenvalue weighted by atomic mass is 32.2. The van der Waals surface area contributed by atoms with Crippen molar-refractivity contribution in [3.8, 4) is 0 Å². The Bertz CT molecular complexity index is 1110. The van der Waals surface area contributed by atoms with Gasteiger partial charge in [0.1, 0.15) is 0 Å². The number of nitrogens with zero attached hydrogens (tertiary/aromatic N) is 1. The summed E-state index contributed by atoms with van der Waals surface area (Å²) in [7, 11) is -3.67. The third-order valence-electron chi connectivity index (χ3n) is 6.24. The number of aryl methyl sites for hydroxylation is 1. The van der Waals surface area contributed by atoms with E-state index in [-0.39, 0.29) is 16.7 Å². The van der Waals surface area contributed by atoms with Crippen molar-refractivity contribution in [2.24, 2.45) is 0 Å². The molecule has 1 saturated heterocycles. The van der Waals surface area contributed by atoms with Crippen molar-refractivity contribution in [3.63, 3.8) is 0 Å². The fraction of sp³-hybridized carbons (Fsp3) is 0.417. The van der Waals surface area contributed by atoms with Crippen molar-refractivity contribution in [1.29, 1.82) is 0 Å². The maximum absolute atomic E-state index is 12.8. The van der Waals surface area contributed by atoms with Gasteiger partial charge in [0.05, 0.1) is 10.3 Å². The fourth-order valence-corrected chi connectivity index (χ4v) is 5.37. The second-order valence-electron chi connectivity index (χ2n) is 8.68. The van der Waals surface area contributed by atoms with Crippen LogP contribution in [0.1, 0.15) is 43.2 Å². The number of rotatable bonds is 9. The molecule has 0 radical (unpaired) electrons. The van der Waals surface area contributed by atoms with E-state index in [1.165, 1.54) is 0 Å². The Hall–Kier alpha value is -2.87. The summed E-state index contributed by atoms with van der Waals surface area (Å²) in [6.07, 6.45) is 3.85. The quantitative estimate of drug-likeness (QED) is 0.568. The molecule has 2 aromatic carbocycles. The molecule has 0 spiro atoms. The van der Waals surface area contributed by atoms with E-state index in [1.807, 2.05) is 30.0 Å². The summed E-state index contributed by atoms with van der Waals surface area (Å²) < 4.78 is 27.8. The molecule has 170 valence electrons. The van der Waals surface area contributed by atoms with E-state index in [2.05, 4.69) is 10.0 Å².